The summed E-state index contributed by atoms with van der Waals surface area (Å²) < 4.78 is 0. The fraction of sp³-hybridized carbons (Fsp3) is 0.643. The predicted molar refractivity (Wildman–Crippen MR) is 77.1 cm³/mol. The highest BCUT2D eigenvalue weighted by molar-refractivity contribution is 9.09. The van der Waals surface area contributed by atoms with Gasteiger partial charge < -0.3 is 4.90 Å². The molecule has 3 heteroatoms. The second-order valence-corrected chi connectivity index (χ2v) is 6.56. The van der Waals surface area contributed by atoms with Crippen molar-refractivity contribution in [3.63, 3.8) is 0 Å². The van der Waals surface area contributed by atoms with Gasteiger partial charge in [-0.2, -0.15) is 0 Å². The second kappa shape index (κ2) is 4.97. The van der Waals surface area contributed by atoms with Gasteiger partial charge in [-0.25, -0.2) is 4.98 Å². The summed E-state index contributed by atoms with van der Waals surface area (Å²) in [5.74, 6) is 1.12. The Hall–Kier alpha value is -0.570. The number of nitrogens with zero attached hydrogens (tertiary/aromatic N) is 2. The Morgan fingerprint density at radius 1 is 1.35 bits per heavy atom. The maximum atomic E-state index is 4.63. The normalized spacial score (nSPS) is 16.0. The van der Waals surface area contributed by atoms with Gasteiger partial charge in [-0.1, -0.05) is 42.8 Å². The molecule has 0 aromatic carbocycles. The maximum absolute atomic E-state index is 4.63. The van der Waals surface area contributed by atoms with Crippen LogP contribution in [-0.2, 0) is 5.41 Å². The van der Waals surface area contributed by atoms with Gasteiger partial charge in [0.15, 0.2) is 0 Å². The fourth-order valence-corrected chi connectivity index (χ4v) is 2.34. The first-order valence-corrected chi connectivity index (χ1v) is 7.43. The number of aromatic nitrogens is 1. The minimum absolute atomic E-state index is 0.186. The van der Waals surface area contributed by atoms with E-state index in [-0.39, 0.29) is 5.41 Å². The lowest BCUT2D eigenvalue weighted by Crippen LogP contribution is -2.28. The first-order valence-electron chi connectivity index (χ1n) is 6.31. The molecule has 1 fully saturated rings. The van der Waals surface area contributed by atoms with E-state index in [0.717, 1.165) is 23.7 Å². The van der Waals surface area contributed by atoms with Crippen molar-refractivity contribution in [3.8, 4) is 0 Å². The smallest absolute Gasteiger partial charge is 0.128 e. The van der Waals surface area contributed by atoms with Gasteiger partial charge in [0.2, 0.25) is 0 Å². The summed E-state index contributed by atoms with van der Waals surface area (Å²) in [6.45, 7) is 7.72. The largest absolute Gasteiger partial charge is 0.353 e. The zero-order valence-electron chi connectivity index (χ0n) is 10.9. The summed E-state index contributed by atoms with van der Waals surface area (Å²) in [7, 11) is 0. The molecule has 2 rings (SSSR count). The van der Waals surface area contributed by atoms with Crippen LogP contribution >= 0.6 is 15.9 Å². The molecule has 2 nitrogen and oxygen atoms in total. The second-order valence-electron chi connectivity index (χ2n) is 5.77. The molecule has 0 atom stereocenters. The molecule has 0 radical (unpaired) electrons. The topological polar surface area (TPSA) is 16.1 Å². The molecule has 0 spiro atoms. The van der Waals surface area contributed by atoms with E-state index in [1.165, 1.54) is 18.4 Å². The maximum Gasteiger partial charge on any atom is 0.128 e. The van der Waals surface area contributed by atoms with Crippen LogP contribution in [0.15, 0.2) is 18.3 Å². The van der Waals surface area contributed by atoms with Crippen molar-refractivity contribution >= 4 is 21.7 Å². The Balaban J connectivity index is 2.15. The molecule has 1 aromatic heterocycles. The van der Waals surface area contributed by atoms with Gasteiger partial charge in [0.25, 0.3) is 0 Å². The van der Waals surface area contributed by atoms with E-state index in [4.69, 9.17) is 0 Å². The van der Waals surface area contributed by atoms with Crippen LogP contribution in [0.4, 0.5) is 5.82 Å². The van der Waals surface area contributed by atoms with Gasteiger partial charge in [0.1, 0.15) is 5.82 Å². The average molecular weight is 297 g/mol. The van der Waals surface area contributed by atoms with Crippen LogP contribution in [0.2, 0.25) is 0 Å². The van der Waals surface area contributed by atoms with Crippen molar-refractivity contribution in [2.45, 2.75) is 45.1 Å². The molecule has 1 aliphatic rings. The van der Waals surface area contributed by atoms with E-state index >= 15 is 0 Å². The first-order chi connectivity index (χ1) is 8.02. The molecule has 0 aliphatic heterocycles. The molecule has 0 amide bonds. The van der Waals surface area contributed by atoms with Gasteiger partial charge in [-0.3, -0.25) is 0 Å². The number of halogens is 1. The highest BCUT2D eigenvalue weighted by Crippen LogP contribution is 2.31. The molecule has 0 saturated heterocycles. The number of anilines is 1. The van der Waals surface area contributed by atoms with E-state index < -0.39 is 0 Å². The number of rotatable bonds is 4. The summed E-state index contributed by atoms with van der Waals surface area (Å²) in [6.07, 6.45) is 4.66. The average Bonchev–Trinajstić information content (AvgIpc) is 3.09. The minimum atomic E-state index is 0.186. The van der Waals surface area contributed by atoms with Crippen molar-refractivity contribution in [1.29, 1.82) is 0 Å². The Labute approximate surface area is 113 Å². The van der Waals surface area contributed by atoms with Crippen molar-refractivity contribution in [2.75, 3.05) is 16.8 Å². The first kappa shape index (κ1) is 12.9. The molecule has 0 unspecified atom stereocenters. The molecule has 1 heterocycles. The van der Waals surface area contributed by atoms with E-state index in [9.17, 15) is 0 Å². The molecule has 17 heavy (non-hydrogen) atoms. The van der Waals surface area contributed by atoms with Crippen molar-refractivity contribution < 1.29 is 0 Å². The van der Waals surface area contributed by atoms with E-state index in [1.54, 1.807) is 0 Å². The molecule has 0 bridgehead atoms. The zero-order chi connectivity index (χ0) is 12.5. The highest BCUT2D eigenvalue weighted by atomic mass is 79.9. The number of alkyl halides is 1. The minimum Gasteiger partial charge on any atom is -0.353 e. The van der Waals surface area contributed by atoms with Crippen molar-refractivity contribution in [3.05, 3.63) is 23.9 Å². The Bertz CT molecular complexity index is 363. The van der Waals surface area contributed by atoms with Gasteiger partial charge in [0, 0.05) is 24.1 Å². The highest BCUT2D eigenvalue weighted by Gasteiger charge is 2.29. The lowest BCUT2D eigenvalue weighted by Gasteiger charge is -2.24. The zero-order valence-corrected chi connectivity index (χ0v) is 12.5. The molecule has 1 aromatic rings. The molecular formula is C14H21BrN2. The number of hydrogen-bond acceptors (Lipinski definition) is 2. The fourth-order valence-electron chi connectivity index (χ4n) is 1.96. The van der Waals surface area contributed by atoms with Crippen LogP contribution in [0.3, 0.4) is 0 Å². The molecular weight excluding hydrogens is 276 g/mol. The quantitative estimate of drug-likeness (QED) is 0.787. The van der Waals surface area contributed by atoms with Crippen LogP contribution in [0.5, 0.6) is 0 Å². The van der Waals surface area contributed by atoms with Crippen molar-refractivity contribution in [2.24, 2.45) is 0 Å². The predicted octanol–water partition coefficient (Wildman–Crippen LogP) is 3.74. The molecule has 94 valence electrons. The molecule has 0 N–H and O–H groups in total. The van der Waals surface area contributed by atoms with Crippen molar-refractivity contribution in [1.82, 2.24) is 4.98 Å². The lowest BCUT2D eigenvalue weighted by molar-refractivity contribution is 0.587. The lowest BCUT2D eigenvalue weighted by atomic mass is 9.88. The standard InChI is InChI=1S/C14H21BrN2/c1-14(2,3)11-4-7-13(16-10-11)17(9-8-15)12-5-6-12/h4,7,10,12H,5-6,8-9H2,1-3H3. The number of hydrogen-bond donors (Lipinski definition) is 0. The van der Waals surface area contributed by atoms with E-state index in [1.807, 2.05) is 6.20 Å². The van der Waals surface area contributed by atoms with Gasteiger partial charge in [-0.15, -0.1) is 0 Å². The van der Waals surface area contributed by atoms with E-state index in [0.29, 0.717) is 0 Å². The Kier molecular flexibility index (Phi) is 3.76. The van der Waals surface area contributed by atoms with Crippen LogP contribution in [0.1, 0.15) is 39.2 Å². The summed E-state index contributed by atoms with van der Waals surface area (Å²) in [5, 5.41) is 1.01. The third-order valence-electron chi connectivity index (χ3n) is 3.22. The Morgan fingerprint density at radius 3 is 2.47 bits per heavy atom. The summed E-state index contributed by atoms with van der Waals surface area (Å²) in [5.41, 5.74) is 1.49. The van der Waals surface area contributed by atoms with Crippen LogP contribution in [-0.4, -0.2) is 22.9 Å². The van der Waals surface area contributed by atoms with Gasteiger partial charge in [-0.05, 0) is 29.9 Å². The SMILES string of the molecule is CC(C)(C)c1ccc(N(CCBr)C2CC2)nc1. The summed E-state index contributed by atoms with van der Waals surface area (Å²) in [6, 6.07) is 5.11. The Morgan fingerprint density at radius 2 is 2.06 bits per heavy atom. The number of pyridine rings is 1. The molecule has 1 aliphatic carbocycles. The van der Waals surface area contributed by atoms with Crippen LogP contribution in [0.25, 0.3) is 0 Å². The molecule has 1 saturated carbocycles. The van der Waals surface area contributed by atoms with Gasteiger partial charge in [0.05, 0.1) is 0 Å². The third-order valence-corrected chi connectivity index (χ3v) is 3.58. The third kappa shape index (κ3) is 3.21. The van der Waals surface area contributed by atoms with E-state index in [2.05, 4.69) is 58.7 Å². The summed E-state index contributed by atoms with van der Waals surface area (Å²) in [4.78, 5) is 7.05. The summed E-state index contributed by atoms with van der Waals surface area (Å²) >= 11 is 3.52. The van der Waals surface area contributed by atoms with Crippen LogP contribution in [0, 0.1) is 0 Å². The van der Waals surface area contributed by atoms with Gasteiger partial charge >= 0.3 is 0 Å². The monoisotopic (exact) mass is 296 g/mol. The van der Waals surface area contributed by atoms with Crippen LogP contribution < -0.4 is 4.90 Å².